The lowest BCUT2D eigenvalue weighted by Gasteiger charge is -2.35. The summed E-state index contributed by atoms with van der Waals surface area (Å²) in [6, 6.07) is 8.04. The molecule has 0 aromatic heterocycles. The van der Waals surface area contributed by atoms with Crippen molar-refractivity contribution in [3.05, 3.63) is 57.6 Å². The Morgan fingerprint density at radius 2 is 1.69 bits per heavy atom. The highest BCUT2D eigenvalue weighted by molar-refractivity contribution is 6.23. The number of nitrogens with zero attached hydrogens (tertiary/aromatic N) is 1. The Morgan fingerprint density at radius 3 is 2.22 bits per heavy atom. The van der Waals surface area contributed by atoms with Crippen LogP contribution in [0.25, 0.3) is 11.1 Å². The molecule has 1 aliphatic rings. The first-order valence-corrected chi connectivity index (χ1v) is 10.8. The van der Waals surface area contributed by atoms with E-state index < -0.39 is 23.6 Å². The van der Waals surface area contributed by atoms with Crippen LogP contribution in [0.4, 0.5) is 0 Å². The number of aryl methyl sites for hydroxylation is 1. The maximum Gasteiger partial charge on any atom is 0.337 e. The van der Waals surface area contributed by atoms with Gasteiger partial charge in [0.1, 0.15) is 0 Å². The number of hydrogen-bond acceptors (Lipinski definition) is 4. The molecule has 1 amide bonds. The number of carbonyl (C=O) groups is 3. The molecule has 0 radical (unpaired) electrons. The zero-order valence-corrected chi connectivity index (χ0v) is 19.6. The highest BCUT2D eigenvalue weighted by Gasteiger charge is 2.35. The first kappa shape index (κ1) is 23.7. The number of rotatable bonds is 5. The smallest absolute Gasteiger partial charge is 0.337 e. The topological polar surface area (TPSA) is 83.9 Å². The summed E-state index contributed by atoms with van der Waals surface area (Å²) >= 11 is 0. The molecular formula is C26H31NO5. The minimum atomic E-state index is -1.17. The number of carboxylic acid groups (broad SMARTS) is 1. The van der Waals surface area contributed by atoms with E-state index in [4.69, 9.17) is 4.74 Å². The number of carboxylic acids is 1. The molecule has 1 heterocycles. The van der Waals surface area contributed by atoms with Crippen LogP contribution in [0.3, 0.4) is 0 Å². The number of benzene rings is 2. The molecule has 6 heteroatoms. The number of amides is 1. The fraction of sp³-hybridized carbons (Fsp3) is 0.423. The van der Waals surface area contributed by atoms with Crippen LogP contribution in [0, 0.1) is 20.8 Å². The van der Waals surface area contributed by atoms with Gasteiger partial charge >= 0.3 is 5.97 Å². The van der Waals surface area contributed by atoms with Gasteiger partial charge in [0.05, 0.1) is 5.60 Å². The van der Waals surface area contributed by atoms with E-state index in [0.29, 0.717) is 24.8 Å². The lowest BCUT2D eigenvalue weighted by atomic mass is 9.80. The minimum Gasteiger partial charge on any atom is -0.479 e. The molecule has 1 aliphatic heterocycles. The van der Waals surface area contributed by atoms with Crippen LogP contribution in [0.15, 0.2) is 24.3 Å². The summed E-state index contributed by atoms with van der Waals surface area (Å²) in [5.74, 6) is -1.62. The van der Waals surface area contributed by atoms with Crippen molar-refractivity contribution < 1.29 is 24.2 Å². The van der Waals surface area contributed by atoms with Crippen molar-refractivity contribution in [1.82, 2.24) is 4.90 Å². The zero-order valence-electron chi connectivity index (χ0n) is 19.6. The monoisotopic (exact) mass is 437 g/mol. The first-order chi connectivity index (χ1) is 14.9. The van der Waals surface area contributed by atoms with E-state index in [1.807, 2.05) is 65.8 Å². The van der Waals surface area contributed by atoms with Gasteiger partial charge in [0.15, 0.2) is 6.10 Å². The van der Waals surface area contributed by atoms with Gasteiger partial charge in [-0.3, -0.25) is 9.59 Å². The molecule has 0 fully saturated rings. The SMILES string of the molecule is Cc1ccc(-c2c(C)c3c(c(C)c2C(OC(C)(C)C)C(=O)O)CN(C(=O)C=O)CC3)cc1. The maximum atomic E-state index is 12.4. The summed E-state index contributed by atoms with van der Waals surface area (Å²) in [4.78, 5) is 37.1. The van der Waals surface area contributed by atoms with Gasteiger partial charge in [0, 0.05) is 18.7 Å². The summed E-state index contributed by atoms with van der Waals surface area (Å²) in [5.41, 5.74) is 6.64. The van der Waals surface area contributed by atoms with Gasteiger partial charge < -0.3 is 14.7 Å². The molecule has 3 rings (SSSR count). The second-order valence-electron chi connectivity index (χ2n) is 9.44. The van der Waals surface area contributed by atoms with E-state index >= 15 is 0 Å². The van der Waals surface area contributed by atoms with E-state index in [0.717, 1.165) is 38.9 Å². The van der Waals surface area contributed by atoms with Crippen molar-refractivity contribution in [3.8, 4) is 11.1 Å². The van der Waals surface area contributed by atoms with Crippen molar-refractivity contribution in [2.24, 2.45) is 0 Å². The van der Waals surface area contributed by atoms with E-state index in [1.165, 1.54) is 4.90 Å². The second-order valence-corrected chi connectivity index (χ2v) is 9.44. The molecule has 1 N–H and O–H groups in total. The van der Waals surface area contributed by atoms with E-state index in [2.05, 4.69) is 0 Å². The van der Waals surface area contributed by atoms with Crippen molar-refractivity contribution in [1.29, 1.82) is 0 Å². The summed E-state index contributed by atoms with van der Waals surface area (Å²) in [7, 11) is 0. The highest BCUT2D eigenvalue weighted by atomic mass is 16.5. The summed E-state index contributed by atoms with van der Waals surface area (Å²) in [6.45, 7) is 12.1. The number of carbonyl (C=O) groups excluding carboxylic acids is 2. The third-order valence-corrected chi connectivity index (χ3v) is 6.01. The molecule has 6 nitrogen and oxygen atoms in total. The zero-order chi connectivity index (χ0) is 23.8. The lowest BCUT2D eigenvalue weighted by Crippen LogP contribution is -2.38. The standard InChI is InChI=1S/C26H31NO5/c1-15-7-9-18(10-8-15)22-16(2)19-11-12-27(21(29)14-28)13-20(19)17(3)23(22)24(25(30)31)32-26(4,5)6/h7-10,14,24H,11-13H2,1-6H3,(H,30,31). The predicted octanol–water partition coefficient (Wildman–Crippen LogP) is 4.30. The molecular weight excluding hydrogens is 406 g/mol. The second kappa shape index (κ2) is 8.87. The van der Waals surface area contributed by atoms with Gasteiger partial charge in [-0.2, -0.15) is 0 Å². The maximum absolute atomic E-state index is 12.4. The predicted molar refractivity (Wildman–Crippen MR) is 122 cm³/mol. The Morgan fingerprint density at radius 1 is 1.06 bits per heavy atom. The van der Waals surface area contributed by atoms with E-state index in [9.17, 15) is 19.5 Å². The van der Waals surface area contributed by atoms with Gasteiger partial charge in [0.25, 0.3) is 5.91 Å². The fourth-order valence-corrected chi connectivity index (χ4v) is 4.49. The van der Waals surface area contributed by atoms with Crippen molar-refractivity contribution >= 4 is 18.2 Å². The Balaban J connectivity index is 2.32. The van der Waals surface area contributed by atoms with Crippen molar-refractivity contribution in [2.75, 3.05) is 6.54 Å². The van der Waals surface area contributed by atoms with Gasteiger partial charge in [-0.05, 0) is 81.3 Å². The van der Waals surface area contributed by atoms with Crippen molar-refractivity contribution in [3.63, 3.8) is 0 Å². The Kier molecular flexibility index (Phi) is 6.56. The molecule has 0 saturated heterocycles. The molecule has 0 aliphatic carbocycles. The number of aldehydes is 1. The lowest BCUT2D eigenvalue weighted by molar-refractivity contribution is -0.160. The quantitative estimate of drug-likeness (QED) is 0.557. The molecule has 170 valence electrons. The largest absolute Gasteiger partial charge is 0.479 e. The van der Waals surface area contributed by atoms with Crippen LogP contribution in [0.5, 0.6) is 0 Å². The van der Waals surface area contributed by atoms with Crippen LogP contribution in [0.1, 0.15) is 60.3 Å². The van der Waals surface area contributed by atoms with E-state index in [-0.39, 0.29) is 6.54 Å². The molecule has 1 unspecified atom stereocenters. The molecule has 2 aromatic carbocycles. The van der Waals surface area contributed by atoms with Crippen LogP contribution in [-0.4, -0.2) is 40.3 Å². The van der Waals surface area contributed by atoms with Crippen LogP contribution in [-0.2, 0) is 32.1 Å². The van der Waals surface area contributed by atoms with Crippen LogP contribution < -0.4 is 0 Å². The average Bonchev–Trinajstić information content (AvgIpc) is 2.73. The molecule has 1 atom stereocenters. The molecule has 32 heavy (non-hydrogen) atoms. The van der Waals surface area contributed by atoms with E-state index in [1.54, 1.807) is 0 Å². The van der Waals surface area contributed by atoms with Crippen molar-refractivity contribution in [2.45, 2.75) is 66.2 Å². The summed E-state index contributed by atoms with van der Waals surface area (Å²) in [5, 5.41) is 10.2. The third-order valence-electron chi connectivity index (χ3n) is 6.01. The number of fused-ring (bicyclic) bond motifs is 1. The van der Waals surface area contributed by atoms with Crippen LogP contribution in [0.2, 0.25) is 0 Å². The molecule has 2 aromatic rings. The summed E-state index contributed by atoms with van der Waals surface area (Å²) in [6.07, 6.45) is -0.233. The van der Waals surface area contributed by atoms with Gasteiger partial charge in [-0.15, -0.1) is 0 Å². The molecule has 0 spiro atoms. The number of aliphatic carboxylic acids is 1. The Bertz CT molecular complexity index is 1060. The number of ether oxygens (including phenoxy) is 1. The summed E-state index contributed by atoms with van der Waals surface area (Å²) < 4.78 is 6.06. The van der Waals surface area contributed by atoms with Gasteiger partial charge in [-0.1, -0.05) is 29.8 Å². The normalized spacial score (nSPS) is 14.6. The Hall–Kier alpha value is -2.99. The van der Waals surface area contributed by atoms with Crippen LogP contribution >= 0.6 is 0 Å². The minimum absolute atomic E-state index is 0.280. The average molecular weight is 438 g/mol. The molecule has 0 saturated carbocycles. The number of hydrogen-bond donors (Lipinski definition) is 1. The highest BCUT2D eigenvalue weighted by Crippen LogP contribution is 2.42. The first-order valence-electron chi connectivity index (χ1n) is 10.8. The molecule has 0 bridgehead atoms. The Labute approximate surface area is 189 Å². The van der Waals surface area contributed by atoms with Gasteiger partial charge in [0.2, 0.25) is 6.29 Å². The van der Waals surface area contributed by atoms with Gasteiger partial charge in [-0.25, -0.2) is 4.79 Å². The third kappa shape index (κ3) is 4.60. The fourth-order valence-electron chi connectivity index (χ4n) is 4.49.